The van der Waals surface area contributed by atoms with E-state index in [-0.39, 0.29) is 0 Å². The van der Waals surface area contributed by atoms with Gasteiger partial charge >= 0.3 is 0 Å². The van der Waals surface area contributed by atoms with Gasteiger partial charge in [-0.15, -0.1) is 0 Å². The molecular formula is C18H17IN2O2. The van der Waals surface area contributed by atoms with E-state index in [0.29, 0.717) is 18.9 Å². The molecule has 2 heterocycles. The second-order valence-electron chi connectivity index (χ2n) is 5.11. The van der Waals surface area contributed by atoms with E-state index < -0.39 is 0 Å². The smallest absolute Gasteiger partial charge is 0.226 e. The van der Waals surface area contributed by atoms with Crippen molar-refractivity contribution in [2.75, 3.05) is 6.61 Å². The molecule has 2 aromatic heterocycles. The molecule has 0 bridgehead atoms. The van der Waals surface area contributed by atoms with Crippen molar-refractivity contribution in [3.05, 3.63) is 65.8 Å². The summed E-state index contributed by atoms with van der Waals surface area (Å²) in [6.45, 7) is 2.48. The molecule has 23 heavy (non-hydrogen) atoms. The summed E-state index contributed by atoms with van der Waals surface area (Å²) in [5, 5.41) is 0. The molecule has 3 rings (SSSR count). The Morgan fingerprint density at radius 2 is 1.96 bits per heavy atom. The van der Waals surface area contributed by atoms with E-state index in [1.807, 2.05) is 49.4 Å². The van der Waals surface area contributed by atoms with Gasteiger partial charge in [0.2, 0.25) is 5.89 Å². The number of rotatable bonds is 6. The van der Waals surface area contributed by atoms with Crippen LogP contribution in [0.1, 0.15) is 17.1 Å². The Morgan fingerprint density at radius 1 is 1.13 bits per heavy atom. The van der Waals surface area contributed by atoms with Gasteiger partial charge in [-0.1, -0.05) is 40.8 Å². The Kier molecular flexibility index (Phi) is 5.27. The lowest BCUT2D eigenvalue weighted by Crippen LogP contribution is -2.03. The Morgan fingerprint density at radius 3 is 2.65 bits per heavy atom. The van der Waals surface area contributed by atoms with Crippen LogP contribution in [0.25, 0.3) is 11.5 Å². The molecule has 0 aliphatic heterocycles. The van der Waals surface area contributed by atoms with Crippen molar-refractivity contribution in [1.82, 2.24) is 9.97 Å². The molecule has 0 N–H and O–H groups in total. The molecule has 0 aliphatic rings. The predicted octanol–water partition coefficient (Wildman–Crippen LogP) is 4.60. The molecule has 0 saturated heterocycles. The molecule has 5 heteroatoms. The van der Waals surface area contributed by atoms with E-state index in [1.54, 1.807) is 6.20 Å². The fraction of sp³-hybridized carbons (Fsp3) is 0.222. The van der Waals surface area contributed by atoms with Gasteiger partial charge in [0.05, 0.1) is 24.2 Å². The van der Waals surface area contributed by atoms with Crippen molar-refractivity contribution in [3.8, 4) is 17.2 Å². The van der Waals surface area contributed by atoms with Crippen LogP contribution >= 0.6 is 22.6 Å². The monoisotopic (exact) mass is 420 g/mol. The number of nitrogens with zero attached hydrogens (tertiary/aromatic N) is 2. The third kappa shape index (κ3) is 4.10. The number of pyridine rings is 1. The van der Waals surface area contributed by atoms with Gasteiger partial charge in [-0.25, -0.2) is 4.98 Å². The molecule has 0 atom stereocenters. The molecule has 0 saturated carbocycles. The number of halogens is 1. The van der Waals surface area contributed by atoms with Crippen molar-refractivity contribution in [3.63, 3.8) is 0 Å². The minimum Gasteiger partial charge on any atom is -0.492 e. The van der Waals surface area contributed by atoms with Gasteiger partial charge in [-0.05, 0) is 31.2 Å². The van der Waals surface area contributed by atoms with Gasteiger partial charge in [0.15, 0.2) is 0 Å². The number of hydrogen-bond donors (Lipinski definition) is 0. The highest BCUT2D eigenvalue weighted by molar-refractivity contribution is 14.1. The van der Waals surface area contributed by atoms with Crippen LogP contribution in [-0.4, -0.2) is 16.6 Å². The average molecular weight is 420 g/mol. The maximum atomic E-state index is 5.75. The standard InChI is InChI=1S/C18H17IN2O2/c1-13-17(21-18(23-13)14-5-3-2-4-6-14)9-10-22-16-8-7-15(11-19)20-12-16/h2-8,12H,9-11H2,1H3. The maximum absolute atomic E-state index is 5.75. The number of oxazole rings is 1. The van der Waals surface area contributed by atoms with Crippen molar-refractivity contribution < 1.29 is 9.15 Å². The van der Waals surface area contributed by atoms with E-state index in [1.165, 1.54) is 0 Å². The number of benzene rings is 1. The molecule has 1 aromatic carbocycles. The molecule has 118 valence electrons. The van der Waals surface area contributed by atoms with E-state index in [2.05, 4.69) is 32.6 Å². The Balaban J connectivity index is 1.61. The van der Waals surface area contributed by atoms with Crippen LogP contribution in [0.3, 0.4) is 0 Å². The summed E-state index contributed by atoms with van der Waals surface area (Å²) in [7, 11) is 0. The van der Waals surface area contributed by atoms with Gasteiger partial charge in [-0.3, -0.25) is 4.98 Å². The number of aryl methyl sites for hydroxylation is 1. The SMILES string of the molecule is Cc1oc(-c2ccccc2)nc1CCOc1ccc(CI)nc1. The third-order valence-corrected chi connectivity index (χ3v) is 4.24. The second kappa shape index (κ2) is 7.59. The summed E-state index contributed by atoms with van der Waals surface area (Å²) in [6, 6.07) is 13.8. The molecule has 0 amide bonds. The van der Waals surface area contributed by atoms with Gasteiger partial charge in [0, 0.05) is 16.4 Å². The summed E-state index contributed by atoms with van der Waals surface area (Å²) in [5.41, 5.74) is 2.97. The lowest BCUT2D eigenvalue weighted by molar-refractivity contribution is 0.318. The van der Waals surface area contributed by atoms with Crippen LogP contribution in [0.2, 0.25) is 0 Å². The van der Waals surface area contributed by atoms with E-state index >= 15 is 0 Å². The van der Waals surface area contributed by atoms with Crippen molar-refractivity contribution in [2.24, 2.45) is 0 Å². The molecule has 3 aromatic rings. The Labute approximate surface area is 149 Å². The van der Waals surface area contributed by atoms with Crippen LogP contribution in [0, 0.1) is 6.92 Å². The van der Waals surface area contributed by atoms with E-state index in [9.17, 15) is 0 Å². The van der Waals surface area contributed by atoms with Crippen LogP contribution in [0.5, 0.6) is 5.75 Å². The number of alkyl halides is 1. The van der Waals surface area contributed by atoms with E-state index in [0.717, 1.165) is 32.9 Å². The van der Waals surface area contributed by atoms with Crippen LogP contribution < -0.4 is 4.74 Å². The zero-order valence-corrected chi connectivity index (χ0v) is 15.0. The molecule has 0 radical (unpaired) electrons. The van der Waals surface area contributed by atoms with Gasteiger partial charge in [-0.2, -0.15) is 0 Å². The molecule has 0 spiro atoms. The third-order valence-electron chi connectivity index (χ3n) is 3.46. The second-order valence-corrected chi connectivity index (χ2v) is 5.87. The lowest BCUT2D eigenvalue weighted by atomic mass is 10.2. The normalized spacial score (nSPS) is 10.7. The van der Waals surface area contributed by atoms with E-state index in [4.69, 9.17) is 9.15 Å². The zero-order valence-electron chi connectivity index (χ0n) is 12.8. The largest absolute Gasteiger partial charge is 0.492 e. The first-order valence-electron chi connectivity index (χ1n) is 7.41. The number of hydrogen-bond acceptors (Lipinski definition) is 4. The lowest BCUT2D eigenvalue weighted by Gasteiger charge is -2.05. The minimum atomic E-state index is 0.548. The van der Waals surface area contributed by atoms with Crippen molar-refractivity contribution in [1.29, 1.82) is 0 Å². The fourth-order valence-corrected chi connectivity index (χ4v) is 2.66. The summed E-state index contributed by atoms with van der Waals surface area (Å²) >= 11 is 2.29. The first-order valence-corrected chi connectivity index (χ1v) is 8.94. The van der Waals surface area contributed by atoms with Gasteiger partial charge in [0.1, 0.15) is 11.5 Å². The van der Waals surface area contributed by atoms with Crippen LogP contribution in [0.4, 0.5) is 0 Å². The Bertz CT molecular complexity index is 754. The van der Waals surface area contributed by atoms with Crippen molar-refractivity contribution in [2.45, 2.75) is 17.8 Å². The summed E-state index contributed by atoms with van der Waals surface area (Å²) < 4.78 is 12.4. The number of ether oxygens (including phenoxy) is 1. The maximum Gasteiger partial charge on any atom is 0.226 e. The topological polar surface area (TPSA) is 48.2 Å². The fourth-order valence-electron chi connectivity index (χ4n) is 2.21. The highest BCUT2D eigenvalue weighted by Crippen LogP contribution is 2.21. The number of aromatic nitrogens is 2. The molecular weight excluding hydrogens is 403 g/mol. The molecule has 0 fully saturated rings. The summed E-state index contributed by atoms with van der Waals surface area (Å²) in [6.07, 6.45) is 2.47. The first kappa shape index (κ1) is 16.0. The van der Waals surface area contributed by atoms with Crippen LogP contribution in [-0.2, 0) is 10.8 Å². The van der Waals surface area contributed by atoms with Crippen molar-refractivity contribution >= 4 is 22.6 Å². The summed E-state index contributed by atoms with van der Waals surface area (Å²) in [5.74, 6) is 2.28. The zero-order chi connectivity index (χ0) is 16.1. The van der Waals surface area contributed by atoms with Gasteiger partial charge in [0.25, 0.3) is 0 Å². The highest BCUT2D eigenvalue weighted by atomic mass is 127. The Hall–Kier alpha value is -1.89. The minimum absolute atomic E-state index is 0.548. The molecule has 0 aliphatic carbocycles. The average Bonchev–Trinajstić information content (AvgIpc) is 2.97. The predicted molar refractivity (Wildman–Crippen MR) is 97.8 cm³/mol. The van der Waals surface area contributed by atoms with Crippen LogP contribution in [0.15, 0.2) is 53.1 Å². The molecule has 0 unspecified atom stereocenters. The quantitative estimate of drug-likeness (QED) is 0.432. The summed E-state index contributed by atoms with van der Waals surface area (Å²) in [4.78, 5) is 8.89. The highest BCUT2D eigenvalue weighted by Gasteiger charge is 2.11. The van der Waals surface area contributed by atoms with Gasteiger partial charge < -0.3 is 9.15 Å². The molecule has 4 nitrogen and oxygen atoms in total. The first-order chi connectivity index (χ1) is 11.3.